The summed E-state index contributed by atoms with van der Waals surface area (Å²) in [5.41, 5.74) is 0.836. The Morgan fingerprint density at radius 1 is 1.04 bits per heavy atom. The van der Waals surface area contributed by atoms with Crippen molar-refractivity contribution < 1.29 is 19.1 Å². The highest BCUT2D eigenvalue weighted by atomic mass is 32.1. The summed E-state index contributed by atoms with van der Waals surface area (Å²) in [6, 6.07) is 10.8. The third kappa shape index (κ3) is 3.94. The molecular formula is C21H22N2O4S. The molecule has 4 rings (SSSR count). The van der Waals surface area contributed by atoms with Gasteiger partial charge in [-0.15, -0.1) is 11.3 Å². The van der Waals surface area contributed by atoms with Crippen molar-refractivity contribution in [3.8, 4) is 5.75 Å². The fourth-order valence-electron chi connectivity index (χ4n) is 3.69. The summed E-state index contributed by atoms with van der Waals surface area (Å²) < 4.78 is 5.52. The van der Waals surface area contributed by atoms with Crippen molar-refractivity contribution in [2.45, 2.75) is 25.7 Å². The lowest BCUT2D eigenvalue weighted by molar-refractivity contribution is -0.140. The molecule has 0 saturated carbocycles. The van der Waals surface area contributed by atoms with E-state index in [1.165, 1.54) is 11.3 Å². The number of carbonyl (C=O) groups excluding carboxylic acids is 3. The Bertz CT molecular complexity index is 855. The average molecular weight is 398 g/mol. The minimum Gasteiger partial charge on any atom is -0.426 e. The van der Waals surface area contributed by atoms with Gasteiger partial charge >= 0.3 is 5.97 Å². The Balaban J connectivity index is 1.30. The molecule has 1 aromatic heterocycles. The number of esters is 1. The van der Waals surface area contributed by atoms with Crippen LogP contribution in [0.25, 0.3) is 0 Å². The lowest BCUT2D eigenvalue weighted by Gasteiger charge is -2.30. The summed E-state index contributed by atoms with van der Waals surface area (Å²) in [6.07, 6.45) is 2.68. The molecule has 2 aliphatic heterocycles. The summed E-state index contributed by atoms with van der Waals surface area (Å²) in [5, 5.41) is 1.89. The van der Waals surface area contributed by atoms with Crippen LogP contribution >= 0.6 is 11.3 Å². The van der Waals surface area contributed by atoms with E-state index in [2.05, 4.69) is 0 Å². The molecule has 2 aliphatic rings. The van der Waals surface area contributed by atoms with Crippen LogP contribution in [-0.2, 0) is 9.59 Å². The minimum atomic E-state index is -0.256. The molecule has 1 aromatic carbocycles. The first-order valence-corrected chi connectivity index (χ1v) is 10.4. The Hall–Kier alpha value is -2.67. The SMILES string of the molecule is O=C(Oc1ccc(N2CCCC2=O)cc1)C1CCN(C(=O)c2cccs2)CC1. The maximum atomic E-state index is 12.5. The van der Waals surface area contributed by atoms with Crippen LogP contribution in [-0.4, -0.2) is 42.3 Å². The summed E-state index contributed by atoms with van der Waals surface area (Å²) in [7, 11) is 0. The van der Waals surface area contributed by atoms with E-state index in [4.69, 9.17) is 4.74 Å². The molecule has 0 aliphatic carbocycles. The highest BCUT2D eigenvalue weighted by molar-refractivity contribution is 7.12. The molecule has 0 N–H and O–H groups in total. The first-order valence-electron chi connectivity index (χ1n) is 9.57. The number of piperidine rings is 1. The van der Waals surface area contributed by atoms with Gasteiger partial charge in [-0.05, 0) is 55.0 Å². The van der Waals surface area contributed by atoms with Crippen LogP contribution in [0.2, 0.25) is 0 Å². The summed E-state index contributed by atoms with van der Waals surface area (Å²) in [6.45, 7) is 1.86. The number of likely N-dealkylation sites (tertiary alicyclic amines) is 1. The molecule has 0 atom stereocenters. The largest absolute Gasteiger partial charge is 0.426 e. The van der Waals surface area contributed by atoms with Crippen LogP contribution in [0.3, 0.4) is 0 Å². The number of hydrogen-bond donors (Lipinski definition) is 0. The first kappa shape index (κ1) is 18.7. The van der Waals surface area contributed by atoms with Gasteiger partial charge in [0.1, 0.15) is 5.75 Å². The van der Waals surface area contributed by atoms with E-state index >= 15 is 0 Å². The van der Waals surface area contributed by atoms with Gasteiger partial charge in [-0.25, -0.2) is 0 Å². The second-order valence-corrected chi connectivity index (χ2v) is 8.06. The van der Waals surface area contributed by atoms with Crippen molar-refractivity contribution in [2.24, 2.45) is 5.92 Å². The van der Waals surface area contributed by atoms with Gasteiger partial charge in [-0.2, -0.15) is 0 Å². The maximum Gasteiger partial charge on any atom is 0.314 e. The number of rotatable bonds is 4. The summed E-state index contributed by atoms with van der Waals surface area (Å²) in [4.78, 5) is 41.0. The molecule has 3 heterocycles. The van der Waals surface area contributed by atoms with Gasteiger partial charge in [0.15, 0.2) is 0 Å². The van der Waals surface area contributed by atoms with Crippen LogP contribution in [0.4, 0.5) is 5.69 Å². The Morgan fingerprint density at radius 3 is 2.39 bits per heavy atom. The van der Waals surface area contributed by atoms with Gasteiger partial charge in [0.25, 0.3) is 5.91 Å². The smallest absolute Gasteiger partial charge is 0.314 e. The van der Waals surface area contributed by atoms with Crippen LogP contribution in [0.1, 0.15) is 35.4 Å². The molecule has 2 saturated heterocycles. The Labute approximate surface area is 167 Å². The quantitative estimate of drug-likeness (QED) is 0.585. The number of benzene rings is 1. The van der Waals surface area contributed by atoms with Crippen molar-refractivity contribution >= 4 is 34.8 Å². The van der Waals surface area contributed by atoms with E-state index in [1.54, 1.807) is 21.9 Å². The number of hydrogen-bond acceptors (Lipinski definition) is 5. The van der Waals surface area contributed by atoms with Gasteiger partial charge in [-0.3, -0.25) is 14.4 Å². The predicted molar refractivity (Wildman–Crippen MR) is 107 cm³/mol. The molecule has 7 heteroatoms. The van der Waals surface area contributed by atoms with Crippen molar-refractivity contribution in [3.63, 3.8) is 0 Å². The number of nitrogens with zero attached hydrogens (tertiary/aromatic N) is 2. The zero-order valence-electron chi connectivity index (χ0n) is 15.5. The van der Waals surface area contributed by atoms with Crippen molar-refractivity contribution in [3.05, 3.63) is 46.7 Å². The Morgan fingerprint density at radius 2 is 1.79 bits per heavy atom. The molecule has 0 radical (unpaired) electrons. The second-order valence-electron chi connectivity index (χ2n) is 7.11. The van der Waals surface area contributed by atoms with Gasteiger partial charge in [0, 0.05) is 31.7 Å². The van der Waals surface area contributed by atoms with E-state index in [0.717, 1.165) is 23.5 Å². The normalized spacial score (nSPS) is 17.8. The van der Waals surface area contributed by atoms with Crippen LogP contribution in [0.5, 0.6) is 5.75 Å². The number of carbonyl (C=O) groups is 3. The lowest BCUT2D eigenvalue weighted by Crippen LogP contribution is -2.40. The number of ether oxygens (including phenoxy) is 1. The van der Waals surface area contributed by atoms with E-state index in [0.29, 0.717) is 38.1 Å². The topological polar surface area (TPSA) is 66.9 Å². The van der Waals surface area contributed by atoms with Crippen molar-refractivity contribution in [1.82, 2.24) is 4.90 Å². The highest BCUT2D eigenvalue weighted by Gasteiger charge is 2.29. The molecule has 28 heavy (non-hydrogen) atoms. The second kappa shape index (κ2) is 8.14. The van der Waals surface area contributed by atoms with Gasteiger partial charge < -0.3 is 14.5 Å². The van der Waals surface area contributed by atoms with Crippen molar-refractivity contribution in [2.75, 3.05) is 24.5 Å². The molecule has 6 nitrogen and oxygen atoms in total. The number of anilines is 1. The lowest BCUT2D eigenvalue weighted by atomic mass is 9.97. The molecule has 2 aromatic rings. The number of thiophene rings is 1. The van der Waals surface area contributed by atoms with Crippen LogP contribution in [0.15, 0.2) is 41.8 Å². The Kier molecular flexibility index (Phi) is 5.43. The van der Waals surface area contributed by atoms with E-state index < -0.39 is 0 Å². The maximum absolute atomic E-state index is 12.5. The number of amides is 2. The monoisotopic (exact) mass is 398 g/mol. The summed E-state index contributed by atoms with van der Waals surface area (Å²) >= 11 is 1.44. The van der Waals surface area contributed by atoms with E-state index in [-0.39, 0.29) is 23.7 Å². The minimum absolute atomic E-state index is 0.0360. The predicted octanol–water partition coefficient (Wildman–Crippen LogP) is 3.33. The van der Waals surface area contributed by atoms with E-state index in [9.17, 15) is 14.4 Å². The highest BCUT2D eigenvalue weighted by Crippen LogP contribution is 2.26. The fourth-order valence-corrected chi connectivity index (χ4v) is 4.38. The van der Waals surface area contributed by atoms with Crippen LogP contribution in [0, 0.1) is 5.92 Å². The molecular weight excluding hydrogens is 376 g/mol. The molecule has 2 fully saturated rings. The molecule has 0 unspecified atom stereocenters. The van der Waals surface area contributed by atoms with Crippen LogP contribution < -0.4 is 9.64 Å². The van der Waals surface area contributed by atoms with Gasteiger partial charge in [-0.1, -0.05) is 6.07 Å². The van der Waals surface area contributed by atoms with Gasteiger partial charge in [0.05, 0.1) is 10.8 Å². The summed E-state index contributed by atoms with van der Waals surface area (Å²) in [5.74, 6) is 0.195. The average Bonchev–Trinajstić information content (AvgIpc) is 3.40. The molecule has 0 bridgehead atoms. The molecule has 2 amide bonds. The third-order valence-corrected chi connectivity index (χ3v) is 6.15. The van der Waals surface area contributed by atoms with Gasteiger partial charge in [0.2, 0.25) is 5.91 Å². The third-order valence-electron chi connectivity index (χ3n) is 5.29. The zero-order chi connectivity index (χ0) is 19.5. The molecule has 146 valence electrons. The van der Waals surface area contributed by atoms with E-state index in [1.807, 2.05) is 29.6 Å². The molecule has 0 spiro atoms. The fraction of sp³-hybridized carbons (Fsp3) is 0.381. The standard InChI is InChI=1S/C21H22N2O4S/c24-19-4-1-11-23(19)16-5-7-17(8-6-16)27-21(26)15-9-12-22(13-10-15)20(25)18-3-2-14-28-18/h2-3,5-8,14-15H,1,4,9-13H2. The van der Waals surface area contributed by atoms with Crippen molar-refractivity contribution in [1.29, 1.82) is 0 Å². The zero-order valence-corrected chi connectivity index (χ0v) is 16.3. The first-order chi connectivity index (χ1) is 13.6.